The molecule has 2 N–H and O–H groups in total. The highest BCUT2D eigenvalue weighted by Gasteiger charge is 2.50. The molecule has 2 aliphatic rings. The van der Waals surface area contributed by atoms with E-state index in [9.17, 15) is 14.7 Å². The third-order valence-corrected chi connectivity index (χ3v) is 4.73. The first-order chi connectivity index (χ1) is 11.1. The van der Waals surface area contributed by atoms with Gasteiger partial charge in [-0.3, -0.25) is 9.59 Å². The van der Waals surface area contributed by atoms with E-state index in [0.717, 1.165) is 6.42 Å². The number of rotatable bonds is 1. The Balaban J connectivity index is 1.81. The molecule has 7 nitrogen and oxygen atoms in total. The molecular formula is C16H18N4O3. The van der Waals surface area contributed by atoms with E-state index >= 15 is 0 Å². The Hall–Kier alpha value is -2.46. The largest absolute Gasteiger partial charge is 0.392 e. The molecule has 2 fully saturated rings. The predicted octanol–water partition coefficient (Wildman–Crippen LogP) is 0.0565. The van der Waals surface area contributed by atoms with E-state index in [0.29, 0.717) is 31.5 Å². The third-order valence-electron chi connectivity index (χ3n) is 4.73. The molecule has 0 unspecified atom stereocenters. The van der Waals surface area contributed by atoms with Crippen LogP contribution in [0.3, 0.4) is 0 Å². The van der Waals surface area contributed by atoms with Crippen molar-refractivity contribution in [3.05, 3.63) is 29.6 Å². The Kier molecular flexibility index (Phi) is 4.01. The van der Waals surface area contributed by atoms with Crippen molar-refractivity contribution in [2.75, 3.05) is 19.6 Å². The maximum atomic E-state index is 12.6. The highest BCUT2D eigenvalue weighted by Crippen LogP contribution is 2.37. The van der Waals surface area contributed by atoms with E-state index in [1.54, 1.807) is 11.0 Å². The normalized spacial score (nSPS) is 27.4. The number of carbonyl (C=O) groups is 2. The molecule has 0 aliphatic carbocycles. The second-order valence-electron chi connectivity index (χ2n) is 6.09. The molecule has 2 saturated heterocycles. The summed E-state index contributed by atoms with van der Waals surface area (Å²) in [5.41, 5.74) is -0.280. The van der Waals surface area contributed by atoms with Gasteiger partial charge in [-0.1, -0.05) is 0 Å². The van der Waals surface area contributed by atoms with E-state index in [-0.39, 0.29) is 24.1 Å². The average Bonchev–Trinajstić information content (AvgIpc) is 2.59. The molecule has 2 amide bonds. The zero-order valence-corrected chi connectivity index (χ0v) is 12.7. The Morgan fingerprint density at radius 2 is 2.35 bits per heavy atom. The third kappa shape index (κ3) is 2.66. The van der Waals surface area contributed by atoms with Gasteiger partial charge in [0.2, 0.25) is 5.91 Å². The first kappa shape index (κ1) is 15.4. The van der Waals surface area contributed by atoms with Crippen LogP contribution in [0.1, 0.15) is 35.3 Å². The van der Waals surface area contributed by atoms with E-state index < -0.39 is 11.5 Å². The van der Waals surface area contributed by atoms with E-state index in [4.69, 9.17) is 5.26 Å². The number of aromatic nitrogens is 1. The van der Waals surface area contributed by atoms with Gasteiger partial charge in [-0.15, -0.1) is 0 Å². The number of nitrogens with one attached hydrogen (secondary N) is 1. The van der Waals surface area contributed by atoms with Crippen LogP contribution in [0, 0.1) is 16.7 Å². The van der Waals surface area contributed by atoms with E-state index in [2.05, 4.69) is 10.3 Å². The second-order valence-corrected chi connectivity index (χ2v) is 6.09. The van der Waals surface area contributed by atoms with E-state index in [1.807, 2.05) is 6.07 Å². The number of hydrogen-bond donors (Lipinski definition) is 2. The number of pyridine rings is 1. The lowest BCUT2D eigenvalue weighted by Crippen LogP contribution is -2.62. The van der Waals surface area contributed by atoms with Gasteiger partial charge in [0, 0.05) is 25.8 Å². The van der Waals surface area contributed by atoms with Crippen molar-refractivity contribution in [2.24, 2.45) is 5.41 Å². The van der Waals surface area contributed by atoms with Crippen molar-refractivity contribution in [3.8, 4) is 6.07 Å². The van der Waals surface area contributed by atoms with Crippen LogP contribution in [-0.4, -0.2) is 52.5 Å². The van der Waals surface area contributed by atoms with Gasteiger partial charge in [0.05, 0.1) is 17.1 Å². The minimum Gasteiger partial charge on any atom is -0.392 e. The zero-order valence-electron chi connectivity index (χ0n) is 12.7. The molecule has 2 atom stereocenters. The van der Waals surface area contributed by atoms with Crippen molar-refractivity contribution in [3.63, 3.8) is 0 Å². The predicted molar refractivity (Wildman–Crippen MR) is 80.2 cm³/mol. The lowest BCUT2D eigenvalue weighted by molar-refractivity contribution is -0.147. The second kappa shape index (κ2) is 5.97. The molecule has 0 bridgehead atoms. The number of likely N-dealkylation sites (tertiary alicyclic amines) is 1. The maximum absolute atomic E-state index is 12.6. The minimum atomic E-state index is -0.911. The molecule has 1 spiro atoms. The smallest absolute Gasteiger partial charge is 0.255 e. The van der Waals surface area contributed by atoms with Gasteiger partial charge in [0.25, 0.3) is 5.91 Å². The number of nitrogens with zero attached hydrogens (tertiary/aromatic N) is 3. The van der Waals surface area contributed by atoms with E-state index in [1.165, 1.54) is 12.3 Å². The van der Waals surface area contributed by atoms with Crippen LogP contribution < -0.4 is 5.32 Å². The molecule has 2 aliphatic heterocycles. The molecule has 3 rings (SSSR count). The fourth-order valence-corrected chi connectivity index (χ4v) is 3.39. The van der Waals surface area contributed by atoms with Crippen molar-refractivity contribution < 1.29 is 14.7 Å². The van der Waals surface area contributed by atoms with Crippen LogP contribution >= 0.6 is 0 Å². The summed E-state index contributed by atoms with van der Waals surface area (Å²) in [6.07, 6.45) is 2.40. The summed E-state index contributed by atoms with van der Waals surface area (Å²) in [6.45, 7) is 1.22. The summed E-state index contributed by atoms with van der Waals surface area (Å²) < 4.78 is 0. The lowest BCUT2D eigenvalue weighted by Gasteiger charge is -2.46. The average molecular weight is 314 g/mol. The van der Waals surface area contributed by atoms with Gasteiger partial charge in [0.1, 0.15) is 11.8 Å². The summed E-state index contributed by atoms with van der Waals surface area (Å²) in [6, 6.07) is 4.97. The van der Waals surface area contributed by atoms with Crippen LogP contribution in [0.2, 0.25) is 0 Å². The maximum Gasteiger partial charge on any atom is 0.255 e. The molecule has 120 valence electrons. The van der Waals surface area contributed by atoms with Crippen LogP contribution in [0.5, 0.6) is 0 Å². The molecule has 0 aromatic carbocycles. The van der Waals surface area contributed by atoms with Crippen LogP contribution in [0.25, 0.3) is 0 Å². The minimum absolute atomic E-state index is 0.174. The summed E-state index contributed by atoms with van der Waals surface area (Å²) >= 11 is 0. The number of nitriles is 1. The van der Waals surface area contributed by atoms with Gasteiger partial charge in [-0.05, 0) is 31.4 Å². The van der Waals surface area contributed by atoms with Gasteiger partial charge < -0.3 is 15.3 Å². The first-order valence-corrected chi connectivity index (χ1v) is 7.68. The SMILES string of the molecule is N#Cc1ccc(C(=O)N2CC[C@H](O)[C@@]3(CCCNC3=O)C2)cn1. The van der Waals surface area contributed by atoms with Crippen LogP contribution in [0.4, 0.5) is 0 Å². The molecule has 7 heteroatoms. The number of amides is 2. The summed E-state index contributed by atoms with van der Waals surface area (Å²) in [5.74, 6) is -0.404. The fraction of sp³-hybridized carbons (Fsp3) is 0.500. The van der Waals surface area contributed by atoms with Gasteiger partial charge in [-0.25, -0.2) is 4.98 Å². The lowest BCUT2D eigenvalue weighted by atomic mass is 9.71. The molecule has 1 aromatic rings. The molecule has 1 aromatic heterocycles. The number of aliphatic hydroxyl groups excluding tert-OH is 1. The Morgan fingerprint density at radius 1 is 1.52 bits per heavy atom. The quantitative estimate of drug-likeness (QED) is 0.762. The molecular weight excluding hydrogens is 296 g/mol. The summed E-state index contributed by atoms with van der Waals surface area (Å²) in [4.78, 5) is 30.4. The Labute approximate surface area is 133 Å². The zero-order chi connectivity index (χ0) is 16.4. The van der Waals surface area contributed by atoms with Crippen molar-refractivity contribution in [1.29, 1.82) is 5.26 Å². The number of hydrogen-bond acceptors (Lipinski definition) is 5. The molecule has 0 saturated carbocycles. The highest BCUT2D eigenvalue weighted by molar-refractivity contribution is 5.95. The first-order valence-electron chi connectivity index (χ1n) is 7.68. The van der Waals surface area contributed by atoms with Crippen molar-refractivity contribution in [1.82, 2.24) is 15.2 Å². The summed E-state index contributed by atoms with van der Waals surface area (Å²) in [5, 5.41) is 21.9. The fourth-order valence-electron chi connectivity index (χ4n) is 3.39. The number of carbonyl (C=O) groups excluding carboxylic acids is 2. The number of piperidine rings is 2. The molecule has 23 heavy (non-hydrogen) atoms. The Morgan fingerprint density at radius 3 is 3.00 bits per heavy atom. The van der Waals surface area contributed by atoms with Crippen LogP contribution in [0.15, 0.2) is 18.3 Å². The molecule has 0 radical (unpaired) electrons. The van der Waals surface area contributed by atoms with Gasteiger partial charge in [-0.2, -0.15) is 5.26 Å². The highest BCUT2D eigenvalue weighted by atomic mass is 16.3. The van der Waals surface area contributed by atoms with Crippen molar-refractivity contribution >= 4 is 11.8 Å². The van der Waals surface area contributed by atoms with Crippen LogP contribution in [-0.2, 0) is 4.79 Å². The standard InChI is InChI=1S/C16H18N4O3/c17-8-12-3-2-11(9-19-12)14(22)20-7-4-13(21)16(10-20)5-1-6-18-15(16)23/h2-3,9,13,21H,1,4-7,10H2,(H,18,23)/t13-,16+/m0/s1. The molecule has 3 heterocycles. The summed E-state index contributed by atoms with van der Waals surface area (Å²) in [7, 11) is 0. The topological polar surface area (TPSA) is 106 Å². The van der Waals surface area contributed by atoms with Gasteiger partial charge in [0.15, 0.2) is 0 Å². The van der Waals surface area contributed by atoms with Crippen molar-refractivity contribution in [2.45, 2.75) is 25.4 Å². The number of aliphatic hydroxyl groups is 1. The Bertz CT molecular complexity index is 667. The monoisotopic (exact) mass is 314 g/mol. The van der Waals surface area contributed by atoms with Gasteiger partial charge >= 0.3 is 0 Å².